The molecule has 3 rings (SSSR count). The summed E-state index contributed by atoms with van der Waals surface area (Å²) in [6, 6.07) is 0. The number of H-pyrrole nitrogens is 1. The molecule has 3 heterocycles. The first-order valence-corrected chi connectivity index (χ1v) is 9.14. The molecule has 0 aliphatic rings. The maximum Gasteiger partial charge on any atom is 0.332 e. The molecule has 0 saturated carbocycles. The Morgan fingerprint density at radius 3 is 2.30 bits per heavy atom. The minimum absolute atomic E-state index is 0.323. The summed E-state index contributed by atoms with van der Waals surface area (Å²) in [5.41, 5.74) is -2.83. The number of rotatable bonds is 3. The van der Waals surface area contributed by atoms with Crippen molar-refractivity contribution in [2.24, 2.45) is 0 Å². The van der Waals surface area contributed by atoms with E-state index in [4.69, 9.17) is 4.74 Å². The van der Waals surface area contributed by atoms with Crippen molar-refractivity contribution in [2.45, 2.75) is 52.7 Å². The van der Waals surface area contributed by atoms with Crippen molar-refractivity contribution >= 4 is 27.5 Å². The molecule has 0 radical (unpaired) electrons. The van der Waals surface area contributed by atoms with E-state index in [0.29, 0.717) is 20.8 Å². The summed E-state index contributed by atoms with van der Waals surface area (Å²) in [5, 5.41) is 9.09. The van der Waals surface area contributed by atoms with E-state index in [2.05, 4.69) is 15.2 Å². The number of hydrogen-bond donors (Lipinski definition) is 1. The maximum absolute atomic E-state index is 13.2. The normalized spacial score (nSPS) is 12.5. The Balaban J connectivity index is 2.23. The number of fused-ring (bicyclic) bond motifs is 1. The van der Waals surface area contributed by atoms with Crippen LogP contribution in [0.3, 0.4) is 0 Å². The second kappa shape index (κ2) is 6.15. The van der Waals surface area contributed by atoms with E-state index in [0.717, 1.165) is 4.57 Å². The van der Waals surface area contributed by atoms with Crippen LogP contribution in [0.2, 0.25) is 0 Å². The van der Waals surface area contributed by atoms with Gasteiger partial charge >= 0.3 is 11.7 Å². The van der Waals surface area contributed by atoms with E-state index in [1.54, 1.807) is 27.7 Å². The molecule has 27 heavy (non-hydrogen) atoms. The number of aryl methyl sites for hydroxylation is 1. The third-order valence-corrected chi connectivity index (χ3v) is 5.19. The molecular weight excluding hydrogens is 370 g/mol. The number of nitrogens with zero attached hydrogens (tertiary/aromatic N) is 4. The molecule has 0 aromatic carbocycles. The first-order chi connectivity index (χ1) is 12.4. The number of ether oxygens (including phenoxy) is 1. The van der Waals surface area contributed by atoms with Gasteiger partial charge in [-0.05, 0) is 41.5 Å². The van der Waals surface area contributed by atoms with Crippen molar-refractivity contribution in [3.05, 3.63) is 38.8 Å². The highest BCUT2D eigenvalue weighted by atomic mass is 32.1. The van der Waals surface area contributed by atoms with E-state index in [1.165, 1.54) is 42.4 Å². The quantitative estimate of drug-likeness (QED) is 0.681. The molecule has 3 aromatic rings. The van der Waals surface area contributed by atoms with Crippen molar-refractivity contribution < 1.29 is 9.53 Å². The Bertz CT molecular complexity index is 1130. The Hall–Kier alpha value is -2.75. The molecule has 0 unspecified atom stereocenters. The third kappa shape index (κ3) is 3.20. The Morgan fingerprint density at radius 2 is 1.74 bits per heavy atom. The van der Waals surface area contributed by atoms with Crippen LogP contribution in [0.1, 0.15) is 40.2 Å². The van der Waals surface area contributed by atoms with Gasteiger partial charge in [-0.1, -0.05) is 11.3 Å². The van der Waals surface area contributed by atoms with Crippen LogP contribution in [-0.4, -0.2) is 36.1 Å². The van der Waals surface area contributed by atoms with Gasteiger partial charge < -0.3 is 4.74 Å². The van der Waals surface area contributed by atoms with Crippen molar-refractivity contribution in [1.82, 2.24) is 24.5 Å². The summed E-state index contributed by atoms with van der Waals surface area (Å²) in [6.07, 6.45) is 3.05. The number of esters is 1. The van der Waals surface area contributed by atoms with Crippen LogP contribution in [0.15, 0.2) is 22.0 Å². The highest BCUT2D eigenvalue weighted by Gasteiger charge is 2.37. The standard InChI is InChI=1S/C17H21N5O4S/c1-9-10-11(27-13(9)22-18-7-8-19-22)20-15(25)21(12(10)23)17(5,6)14(24)26-16(2,3)4/h7-8H,1-6H3,(H,20,25). The predicted molar refractivity (Wildman–Crippen MR) is 102 cm³/mol. The molecular formula is C17H21N5O4S. The number of aromatic amines is 1. The van der Waals surface area contributed by atoms with Gasteiger partial charge in [0.15, 0.2) is 0 Å². The Labute approximate surface area is 158 Å². The van der Waals surface area contributed by atoms with Crippen molar-refractivity contribution in [3.8, 4) is 5.00 Å². The maximum atomic E-state index is 13.2. The lowest BCUT2D eigenvalue weighted by Crippen LogP contribution is -2.52. The molecule has 10 heteroatoms. The van der Waals surface area contributed by atoms with Gasteiger partial charge in [0.05, 0.1) is 17.8 Å². The monoisotopic (exact) mass is 391 g/mol. The molecule has 0 fully saturated rings. The summed E-state index contributed by atoms with van der Waals surface area (Å²) in [7, 11) is 0. The fourth-order valence-electron chi connectivity index (χ4n) is 2.72. The lowest BCUT2D eigenvalue weighted by Gasteiger charge is -2.29. The third-order valence-electron chi connectivity index (χ3n) is 4.02. The van der Waals surface area contributed by atoms with E-state index >= 15 is 0 Å². The van der Waals surface area contributed by atoms with E-state index < -0.39 is 28.4 Å². The van der Waals surface area contributed by atoms with Crippen LogP contribution in [-0.2, 0) is 15.1 Å². The number of thiophene rings is 1. The molecule has 144 valence electrons. The molecule has 3 aromatic heterocycles. The molecule has 0 aliphatic carbocycles. The van der Waals surface area contributed by atoms with Crippen LogP contribution < -0.4 is 11.2 Å². The van der Waals surface area contributed by atoms with Gasteiger partial charge in [0.1, 0.15) is 21.0 Å². The van der Waals surface area contributed by atoms with Crippen molar-refractivity contribution in [2.75, 3.05) is 0 Å². The van der Waals surface area contributed by atoms with Crippen molar-refractivity contribution in [1.29, 1.82) is 0 Å². The highest BCUT2D eigenvalue weighted by molar-refractivity contribution is 7.21. The minimum Gasteiger partial charge on any atom is -0.458 e. The molecule has 0 saturated heterocycles. The lowest BCUT2D eigenvalue weighted by molar-refractivity contribution is -0.164. The molecule has 0 aliphatic heterocycles. The molecule has 0 spiro atoms. The van der Waals surface area contributed by atoms with Crippen LogP contribution in [0.5, 0.6) is 0 Å². The van der Waals surface area contributed by atoms with Gasteiger partial charge in [0, 0.05) is 5.56 Å². The lowest BCUT2D eigenvalue weighted by atomic mass is 10.0. The van der Waals surface area contributed by atoms with Crippen LogP contribution in [0, 0.1) is 6.92 Å². The van der Waals surface area contributed by atoms with E-state index in [-0.39, 0.29) is 0 Å². The van der Waals surface area contributed by atoms with Gasteiger partial charge in [0.25, 0.3) is 5.56 Å². The molecule has 1 N–H and O–H groups in total. The highest BCUT2D eigenvalue weighted by Crippen LogP contribution is 2.29. The molecule has 9 nitrogen and oxygen atoms in total. The SMILES string of the molecule is Cc1c(-n2nccn2)sc2[nH]c(=O)n(C(C)(C)C(=O)OC(C)(C)C)c(=O)c12. The zero-order valence-electron chi connectivity index (χ0n) is 16.0. The summed E-state index contributed by atoms with van der Waals surface area (Å²) >= 11 is 1.20. The van der Waals surface area contributed by atoms with Gasteiger partial charge in [0.2, 0.25) is 0 Å². The predicted octanol–water partition coefficient (Wildman–Crippen LogP) is 1.72. The second-order valence-corrected chi connectivity index (χ2v) is 8.69. The zero-order valence-corrected chi connectivity index (χ0v) is 16.8. The van der Waals surface area contributed by atoms with Gasteiger partial charge in [-0.25, -0.2) is 14.2 Å². The molecule has 0 bridgehead atoms. The topological polar surface area (TPSA) is 112 Å². The minimum atomic E-state index is -1.48. The van der Waals surface area contributed by atoms with Gasteiger partial charge in [-0.2, -0.15) is 10.2 Å². The number of carbonyl (C=O) groups is 1. The summed E-state index contributed by atoms with van der Waals surface area (Å²) < 4.78 is 6.31. The van der Waals surface area contributed by atoms with Crippen LogP contribution in [0.4, 0.5) is 0 Å². The number of aromatic nitrogens is 5. The largest absolute Gasteiger partial charge is 0.458 e. The molecule has 0 atom stereocenters. The van der Waals surface area contributed by atoms with Crippen LogP contribution in [0.25, 0.3) is 15.2 Å². The average molecular weight is 391 g/mol. The first kappa shape index (κ1) is 19.0. The number of carbonyl (C=O) groups excluding carboxylic acids is 1. The van der Waals surface area contributed by atoms with Crippen LogP contribution >= 0.6 is 11.3 Å². The number of nitrogens with one attached hydrogen (secondary N) is 1. The van der Waals surface area contributed by atoms with Crippen molar-refractivity contribution in [3.63, 3.8) is 0 Å². The average Bonchev–Trinajstić information content (AvgIpc) is 3.13. The zero-order chi connectivity index (χ0) is 20.1. The number of hydrogen-bond acceptors (Lipinski definition) is 7. The fraction of sp³-hybridized carbons (Fsp3) is 0.471. The van der Waals surface area contributed by atoms with Gasteiger partial charge in [-0.3, -0.25) is 9.78 Å². The Kier molecular flexibility index (Phi) is 4.34. The summed E-state index contributed by atoms with van der Waals surface area (Å²) in [5.74, 6) is -0.663. The first-order valence-electron chi connectivity index (χ1n) is 8.32. The molecule has 0 amide bonds. The van der Waals surface area contributed by atoms with E-state index in [9.17, 15) is 14.4 Å². The summed E-state index contributed by atoms with van der Waals surface area (Å²) in [6.45, 7) is 9.90. The summed E-state index contributed by atoms with van der Waals surface area (Å²) in [4.78, 5) is 42.9. The fourth-order valence-corrected chi connectivity index (χ4v) is 3.82. The van der Waals surface area contributed by atoms with Gasteiger partial charge in [-0.15, -0.1) is 4.80 Å². The smallest absolute Gasteiger partial charge is 0.332 e. The second-order valence-electron chi connectivity index (χ2n) is 7.69. The van der Waals surface area contributed by atoms with E-state index in [1.807, 2.05) is 0 Å². The Morgan fingerprint density at radius 1 is 1.15 bits per heavy atom.